The van der Waals surface area contributed by atoms with Crippen molar-refractivity contribution < 1.29 is 18.0 Å². The number of nitrogens with one attached hydrogen (secondary N) is 4. The van der Waals surface area contributed by atoms with E-state index in [1.165, 1.54) is 0 Å². The van der Waals surface area contributed by atoms with Gasteiger partial charge in [0.2, 0.25) is 10.0 Å². The molecule has 1 atom stereocenters. The molecule has 0 aliphatic carbocycles. The lowest BCUT2D eigenvalue weighted by molar-refractivity contribution is -0.125. The van der Waals surface area contributed by atoms with Crippen molar-refractivity contribution in [1.29, 1.82) is 0 Å². The SMILES string of the molecule is CCNC(=NCCNS(C)(=O)=O)N1CCC(C2(C)NC(=O)NC2=O)CC1.I. The second kappa shape index (κ2) is 9.87. The molecule has 0 aromatic heterocycles. The maximum absolute atomic E-state index is 12.1. The van der Waals surface area contributed by atoms with Crippen molar-refractivity contribution in [2.24, 2.45) is 10.9 Å². The normalized spacial score (nSPS) is 24.3. The molecule has 2 fully saturated rings. The third kappa shape index (κ3) is 6.45. The molecule has 2 saturated heterocycles. The average Bonchev–Trinajstić information content (AvgIpc) is 2.83. The highest BCUT2D eigenvalue weighted by Crippen LogP contribution is 2.30. The first-order valence-corrected chi connectivity index (χ1v) is 10.7. The van der Waals surface area contributed by atoms with Gasteiger partial charge in [-0.05, 0) is 32.6 Å². The number of halogens is 1. The number of imide groups is 1. The van der Waals surface area contributed by atoms with Crippen LogP contribution in [0.15, 0.2) is 4.99 Å². The van der Waals surface area contributed by atoms with Crippen LogP contribution in [0.5, 0.6) is 0 Å². The summed E-state index contributed by atoms with van der Waals surface area (Å²) in [5.74, 6) is 0.514. The van der Waals surface area contributed by atoms with Gasteiger partial charge in [-0.3, -0.25) is 15.1 Å². The number of piperidine rings is 1. The molecule has 156 valence electrons. The van der Waals surface area contributed by atoms with Crippen molar-refractivity contribution >= 4 is 51.9 Å². The molecule has 12 heteroatoms. The second-order valence-electron chi connectivity index (χ2n) is 6.77. The molecular weight excluding hydrogens is 487 g/mol. The number of aliphatic imine (C=N–C) groups is 1. The lowest BCUT2D eigenvalue weighted by atomic mass is 9.79. The zero-order valence-electron chi connectivity index (χ0n) is 15.9. The first-order valence-electron chi connectivity index (χ1n) is 8.77. The molecule has 2 rings (SSSR count). The van der Waals surface area contributed by atoms with E-state index in [1.807, 2.05) is 6.92 Å². The van der Waals surface area contributed by atoms with Gasteiger partial charge in [-0.25, -0.2) is 17.9 Å². The Hall–Kier alpha value is -1.15. The Labute approximate surface area is 177 Å². The Morgan fingerprint density at radius 3 is 2.44 bits per heavy atom. The summed E-state index contributed by atoms with van der Waals surface area (Å²) < 4.78 is 24.6. The Bertz CT molecular complexity index is 678. The lowest BCUT2D eigenvalue weighted by Crippen LogP contribution is -2.55. The number of nitrogens with zero attached hydrogens (tertiary/aromatic N) is 2. The minimum atomic E-state index is -3.22. The summed E-state index contributed by atoms with van der Waals surface area (Å²) >= 11 is 0. The number of urea groups is 1. The van der Waals surface area contributed by atoms with Crippen LogP contribution in [0.25, 0.3) is 0 Å². The van der Waals surface area contributed by atoms with Gasteiger partial charge >= 0.3 is 6.03 Å². The molecule has 0 radical (unpaired) electrons. The predicted octanol–water partition coefficient (Wildman–Crippen LogP) is -0.571. The van der Waals surface area contributed by atoms with Gasteiger partial charge in [-0.15, -0.1) is 24.0 Å². The van der Waals surface area contributed by atoms with Gasteiger partial charge in [-0.1, -0.05) is 0 Å². The zero-order valence-corrected chi connectivity index (χ0v) is 19.0. The fourth-order valence-electron chi connectivity index (χ4n) is 3.33. The van der Waals surface area contributed by atoms with Crippen LogP contribution in [0.1, 0.15) is 26.7 Å². The largest absolute Gasteiger partial charge is 0.357 e. The zero-order chi connectivity index (χ0) is 19.4. The fraction of sp³-hybridized carbons (Fsp3) is 0.800. The van der Waals surface area contributed by atoms with Crippen molar-refractivity contribution in [2.45, 2.75) is 32.2 Å². The van der Waals surface area contributed by atoms with E-state index in [2.05, 4.69) is 30.6 Å². The minimum absolute atomic E-state index is 0. The Morgan fingerprint density at radius 2 is 1.96 bits per heavy atom. The molecule has 0 bridgehead atoms. The highest BCUT2D eigenvalue weighted by molar-refractivity contribution is 14.0. The summed E-state index contributed by atoms with van der Waals surface area (Å²) in [4.78, 5) is 30.1. The number of sulfonamides is 1. The van der Waals surface area contributed by atoms with E-state index in [1.54, 1.807) is 6.92 Å². The van der Waals surface area contributed by atoms with Crippen LogP contribution in [0.2, 0.25) is 0 Å². The molecule has 0 spiro atoms. The second-order valence-corrected chi connectivity index (χ2v) is 8.61. The molecule has 2 heterocycles. The van der Waals surface area contributed by atoms with E-state index in [0.717, 1.165) is 25.1 Å². The van der Waals surface area contributed by atoms with Gasteiger partial charge in [0.25, 0.3) is 5.91 Å². The molecule has 3 amide bonds. The number of carbonyl (C=O) groups is 2. The van der Waals surface area contributed by atoms with E-state index >= 15 is 0 Å². The number of guanidine groups is 1. The third-order valence-electron chi connectivity index (χ3n) is 4.76. The van der Waals surface area contributed by atoms with Gasteiger partial charge in [0, 0.05) is 26.2 Å². The fourth-order valence-corrected chi connectivity index (χ4v) is 3.79. The smallest absolute Gasteiger partial charge is 0.322 e. The number of hydrogen-bond donors (Lipinski definition) is 4. The topological polar surface area (TPSA) is 132 Å². The van der Waals surface area contributed by atoms with E-state index in [0.29, 0.717) is 26.2 Å². The Morgan fingerprint density at radius 1 is 1.33 bits per heavy atom. The minimum Gasteiger partial charge on any atom is -0.357 e. The summed E-state index contributed by atoms with van der Waals surface area (Å²) in [5, 5.41) is 8.27. The molecule has 10 nitrogen and oxygen atoms in total. The van der Waals surface area contributed by atoms with Crippen molar-refractivity contribution in [3.8, 4) is 0 Å². The first kappa shape index (κ1) is 23.9. The van der Waals surface area contributed by atoms with Gasteiger partial charge in [0.05, 0.1) is 12.8 Å². The number of amides is 3. The number of hydrogen-bond acceptors (Lipinski definition) is 5. The molecule has 1 unspecified atom stereocenters. The molecule has 2 aliphatic heterocycles. The average molecular weight is 516 g/mol. The van der Waals surface area contributed by atoms with Crippen molar-refractivity contribution in [1.82, 2.24) is 25.6 Å². The standard InChI is InChI=1S/C15H28N6O4S.HI/c1-4-16-13(17-7-8-18-26(3,24)25)21-9-5-11(6-10-21)15(2)12(22)19-14(23)20-15;/h11,18H,4-10H2,1-3H3,(H,16,17)(H2,19,20,22,23);1H. The molecule has 0 aromatic carbocycles. The van der Waals surface area contributed by atoms with Gasteiger partial charge < -0.3 is 15.5 Å². The highest BCUT2D eigenvalue weighted by atomic mass is 127. The maximum atomic E-state index is 12.1. The summed E-state index contributed by atoms with van der Waals surface area (Å²) in [6.07, 6.45) is 2.61. The van der Waals surface area contributed by atoms with Crippen LogP contribution >= 0.6 is 24.0 Å². The molecule has 4 N–H and O–H groups in total. The molecular formula is C15H29IN6O4S. The summed E-state index contributed by atoms with van der Waals surface area (Å²) in [7, 11) is -3.22. The molecule has 0 aromatic rings. The van der Waals surface area contributed by atoms with Crippen molar-refractivity contribution in [2.75, 3.05) is 39.0 Å². The van der Waals surface area contributed by atoms with E-state index in [-0.39, 0.29) is 42.3 Å². The molecule has 2 aliphatic rings. The Kier molecular flexibility index (Phi) is 8.73. The van der Waals surface area contributed by atoms with Crippen LogP contribution in [0, 0.1) is 5.92 Å². The molecule has 0 saturated carbocycles. The summed E-state index contributed by atoms with van der Waals surface area (Å²) in [6.45, 7) is 6.43. The summed E-state index contributed by atoms with van der Waals surface area (Å²) in [6, 6.07) is -0.437. The van der Waals surface area contributed by atoms with Gasteiger partial charge in [-0.2, -0.15) is 0 Å². The third-order valence-corrected chi connectivity index (χ3v) is 5.48. The van der Waals surface area contributed by atoms with E-state index in [9.17, 15) is 18.0 Å². The van der Waals surface area contributed by atoms with Crippen LogP contribution in [-0.4, -0.2) is 75.7 Å². The quantitative estimate of drug-likeness (QED) is 0.123. The first-order chi connectivity index (χ1) is 12.2. The maximum Gasteiger partial charge on any atom is 0.322 e. The van der Waals surface area contributed by atoms with Crippen LogP contribution in [0.3, 0.4) is 0 Å². The van der Waals surface area contributed by atoms with E-state index in [4.69, 9.17) is 0 Å². The van der Waals surface area contributed by atoms with Crippen LogP contribution in [0.4, 0.5) is 4.79 Å². The Balaban J connectivity index is 0.00000364. The number of carbonyl (C=O) groups excluding carboxylic acids is 2. The number of rotatable bonds is 6. The van der Waals surface area contributed by atoms with Crippen molar-refractivity contribution in [3.63, 3.8) is 0 Å². The molecule has 27 heavy (non-hydrogen) atoms. The van der Waals surface area contributed by atoms with Crippen molar-refractivity contribution in [3.05, 3.63) is 0 Å². The van der Waals surface area contributed by atoms with E-state index < -0.39 is 21.6 Å². The van der Waals surface area contributed by atoms with Crippen LogP contribution in [-0.2, 0) is 14.8 Å². The summed E-state index contributed by atoms with van der Waals surface area (Å²) in [5.41, 5.74) is -0.863. The lowest BCUT2D eigenvalue weighted by Gasteiger charge is -2.39. The predicted molar refractivity (Wildman–Crippen MR) is 114 cm³/mol. The monoisotopic (exact) mass is 516 g/mol. The van der Waals surface area contributed by atoms with Gasteiger partial charge in [0.1, 0.15) is 5.54 Å². The highest BCUT2D eigenvalue weighted by Gasteiger charge is 2.48. The van der Waals surface area contributed by atoms with Gasteiger partial charge in [0.15, 0.2) is 5.96 Å². The number of likely N-dealkylation sites (tertiary alicyclic amines) is 1. The van der Waals surface area contributed by atoms with Crippen LogP contribution < -0.4 is 20.7 Å².